The van der Waals surface area contributed by atoms with E-state index in [1.54, 1.807) is 6.20 Å². The number of fused-ring (bicyclic) bond motifs is 1. The van der Waals surface area contributed by atoms with Crippen LogP contribution >= 0.6 is 12.2 Å². The van der Waals surface area contributed by atoms with E-state index in [2.05, 4.69) is 43.8 Å². The fourth-order valence-electron chi connectivity index (χ4n) is 2.34. The maximum Gasteiger partial charge on any atom is 0.107 e. The standard InChI is InChI=1S/C16H21N3S/c1-10(2)11(3)19(4)15-12-7-5-6-8-14(12)18-9-13(15)16(17)20/h5-11H,1-4H3,(H2,17,20). The van der Waals surface area contributed by atoms with Crippen molar-refractivity contribution in [3.63, 3.8) is 0 Å². The molecule has 2 aromatic rings. The second-order valence-electron chi connectivity index (χ2n) is 5.50. The highest BCUT2D eigenvalue weighted by atomic mass is 32.1. The van der Waals surface area contributed by atoms with Crippen LogP contribution in [0.3, 0.4) is 0 Å². The molecule has 1 heterocycles. The van der Waals surface area contributed by atoms with Crippen LogP contribution in [-0.4, -0.2) is 23.1 Å². The van der Waals surface area contributed by atoms with E-state index in [4.69, 9.17) is 18.0 Å². The van der Waals surface area contributed by atoms with Crippen LogP contribution in [0.1, 0.15) is 26.3 Å². The first-order valence-corrected chi connectivity index (χ1v) is 7.24. The number of pyridine rings is 1. The molecule has 3 nitrogen and oxygen atoms in total. The third-order valence-corrected chi connectivity index (χ3v) is 4.16. The molecule has 0 aliphatic heterocycles. The number of aromatic nitrogens is 1. The number of hydrogen-bond donors (Lipinski definition) is 1. The summed E-state index contributed by atoms with van der Waals surface area (Å²) in [4.78, 5) is 7.10. The first-order chi connectivity index (χ1) is 9.43. The maximum atomic E-state index is 5.88. The van der Waals surface area contributed by atoms with Gasteiger partial charge in [0.1, 0.15) is 4.99 Å². The topological polar surface area (TPSA) is 42.1 Å². The molecule has 0 aliphatic carbocycles. The minimum Gasteiger partial charge on any atom is -0.389 e. The minimum atomic E-state index is 0.383. The van der Waals surface area contributed by atoms with Gasteiger partial charge in [0.2, 0.25) is 0 Å². The molecule has 0 aliphatic rings. The molecule has 1 unspecified atom stereocenters. The monoisotopic (exact) mass is 287 g/mol. The van der Waals surface area contributed by atoms with E-state index in [1.165, 1.54) is 0 Å². The number of thiocarbonyl (C=S) groups is 1. The Morgan fingerprint density at radius 3 is 2.50 bits per heavy atom. The number of nitrogens with zero attached hydrogens (tertiary/aromatic N) is 2. The molecular weight excluding hydrogens is 266 g/mol. The molecule has 0 amide bonds. The Morgan fingerprint density at radius 2 is 1.90 bits per heavy atom. The minimum absolute atomic E-state index is 0.383. The summed E-state index contributed by atoms with van der Waals surface area (Å²) in [7, 11) is 2.09. The van der Waals surface area contributed by atoms with Crippen LogP contribution in [0.25, 0.3) is 10.9 Å². The van der Waals surface area contributed by atoms with Crippen molar-refractivity contribution in [2.75, 3.05) is 11.9 Å². The van der Waals surface area contributed by atoms with Gasteiger partial charge in [0.25, 0.3) is 0 Å². The molecule has 0 fully saturated rings. The molecule has 0 saturated carbocycles. The van der Waals surface area contributed by atoms with E-state index in [0.717, 1.165) is 22.2 Å². The fourth-order valence-corrected chi connectivity index (χ4v) is 2.49. The Bertz CT molecular complexity index is 637. The van der Waals surface area contributed by atoms with Gasteiger partial charge in [0.05, 0.1) is 16.8 Å². The number of nitrogens with two attached hydrogens (primary N) is 1. The first kappa shape index (κ1) is 14.7. The molecule has 2 rings (SSSR count). The number of para-hydroxylation sites is 1. The Morgan fingerprint density at radius 1 is 1.25 bits per heavy atom. The average molecular weight is 287 g/mol. The molecule has 1 aromatic carbocycles. The highest BCUT2D eigenvalue weighted by molar-refractivity contribution is 7.80. The summed E-state index contributed by atoms with van der Waals surface area (Å²) in [5.41, 5.74) is 8.76. The quantitative estimate of drug-likeness (QED) is 0.876. The average Bonchev–Trinajstić information content (AvgIpc) is 2.44. The molecule has 0 saturated heterocycles. The zero-order valence-corrected chi connectivity index (χ0v) is 13.2. The van der Waals surface area contributed by atoms with Gasteiger partial charge < -0.3 is 10.6 Å². The van der Waals surface area contributed by atoms with Crippen molar-refractivity contribution in [1.82, 2.24) is 4.98 Å². The largest absolute Gasteiger partial charge is 0.389 e. The molecule has 0 radical (unpaired) electrons. The molecule has 1 atom stereocenters. The van der Waals surface area contributed by atoms with E-state index < -0.39 is 0 Å². The van der Waals surface area contributed by atoms with Crippen molar-refractivity contribution in [3.05, 3.63) is 36.0 Å². The van der Waals surface area contributed by atoms with Crippen molar-refractivity contribution in [2.45, 2.75) is 26.8 Å². The number of hydrogen-bond acceptors (Lipinski definition) is 3. The van der Waals surface area contributed by atoms with Gasteiger partial charge in [-0.3, -0.25) is 4.98 Å². The van der Waals surface area contributed by atoms with Crippen LogP contribution < -0.4 is 10.6 Å². The number of benzene rings is 1. The molecule has 0 bridgehead atoms. The Labute approximate surface area is 125 Å². The lowest BCUT2D eigenvalue weighted by molar-refractivity contribution is 0.506. The summed E-state index contributed by atoms with van der Waals surface area (Å²) in [5, 5.41) is 1.09. The van der Waals surface area contributed by atoms with E-state index >= 15 is 0 Å². The van der Waals surface area contributed by atoms with Crippen LogP contribution in [-0.2, 0) is 0 Å². The van der Waals surface area contributed by atoms with Gasteiger partial charge in [-0.25, -0.2) is 0 Å². The lowest BCUT2D eigenvalue weighted by Crippen LogP contribution is -2.35. The zero-order valence-electron chi connectivity index (χ0n) is 12.4. The second-order valence-corrected chi connectivity index (χ2v) is 5.94. The van der Waals surface area contributed by atoms with Crippen LogP contribution in [0.4, 0.5) is 5.69 Å². The van der Waals surface area contributed by atoms with Crippen LogP contribution in [0, 0.1) is 5.92 Å². The predicted octanol–water partition coefficient (Wildman–Crippen LogP) is 3.35. The Kier molecular flexibility index (Phi) is 4.23. The zero-order chi connectivity index (χ0) is 14.9. The fraction of sp³-hybridized carbons (Fsp3) is 0.375. The lowest BCUT2D eigenvalue weighted by atomic mass is 10.0. The predicted molar refractivity (Wildman–Crippen MR) is 90.3 cm³/mol. The second kappa shape index (κ2) is 5.75. The van der Waals surface area contributed by atoms with Gasteiger partial charge in [-0.05, 0) is 18.9 Å². The van der Waals surface area contributed by atoms with E-state index in [1.807, 2.05) is 18.2 Å². The van der Waals surface area contributed by atoms with Crippen LogP contribution in [0.2, 0.25) is 0 Å². The number of anilines is 1. The van der Waals surface area contributed by atoms with E-state index in [9.17, 15) is 0 Å². The van der Waals surface area contributed by atoms with Crippen molar-refractivity contribution in [1.29, 1.82) is 0 Å². The van der Waals surface area contributed by atoms with Gasteiger partial charge >= 0.3 is 0 Å². The van der Waals surface area contributed by atoms with E-state index in [-0.39, 0.29) is 0 Å². The summed E-state index contributed by atoms with van der Waals surface area (Å²) >= 11 is 5.20. The number of rotatable bonds is 4. The highest BCUT2D eigenvalue weighted by Crippen LogP contribution is 2.31. The molecule has 106 valence electrons. The molecule has 20 heavy (non-hydrogen) atoms. The third kappa shape index (κ3) is 2.61. The third-order valence-electron chi connectivity index (χ3n) is 3.94. The smallest absolute Gasteiger partial charge is 0.107 e. The van der Waals surface area contributed by atoms with Crippen molar-refractivity contribution in [3.8, 4) is 0 Å². The van der Waals surface area contributed by atoms with Crippen LogP contribution in [0.15, 0.2) is 30.5 Å². The van der Waals surface area contributed by atoms with Gasteiger partial charge in [-0.15, -0.1) is 0 Å². The molecule has 0 spiro atoms. The normalized spacial score (nSPS) is 12.7. The van der Waals surface area contributed by atoms with Gasteiger partial charge in [0.15, 0.2) is 0 Å². The first-order valence-electron chi connectivity index (χ1n) is 6.84. The Balaban J connectivity index is 2.69. The van der Waals surface area contributed by atoms with Crippen LogP contribution in [0.5, 0.6) is 0 Å². The van der Waals surface area contributed by atoms with Crippen molar-refractivity contribution >= 4 is 33.8 Å². The SMILES string of the molecule is CC(C)C(C)N(C)c1c(C(N)=S)cnc2ccccc12. The van der Waals surface area contributed by atoms with Gasteiger partial charge in [-0.1, -0.05) is 44.3 Å². The lowest BCUT2D eigenvalue weighted by Gasteiger charge is -2.32. The van der Waals surface area contributed by atoms with E-state index in [0.29, 0.717) is 16.9 Å². The molecular formula is C16H21N3S. The van der Waals surface area contributed by atoms with Crippen molar-refractivity contribution in [2.24, 2.45) is 11.7 Å². The molecule has 1 aromatic heterocycles. The molecule has 4 heteroatoms. The van der Waals surface area contributed by atoms with Crippen molar-refractivity contribution < 1.29 is 0 Å². The Hall–Kier alpha value is -1.68. The summed E-state index contributed by atoms with van der Waals surface area (Å²) in [6.07, 6.45) is 1.78. The summed E-state index contributed by atoms with van der Waals surface area (Å²) in [6, 6.07) is 8.48. The maximum absolute atomic E-state index is 5.88. The summed E-state index contributed by atoms with van der Waals surface area (Å²) in [6.45, 7) is 6.64. The highest BCUT2D eigenvalue weighted by Gasteiger charge is 2.20. The summed E-state index contributed by atoms with van der Waals surface area (Å²) in [5.74, 6) is 0.533. The van der Waals surface area contributed by atoms with Gasteiger partial charge in [0, 0.05) is 24.7 Å². The summed E-state index contributed by atoms with van der Waals surface area (Å²) < 4.78 is 0. The van der Waals surface area contributed by atoms with Gasteiger partial charge in [-0.2, -0.15) is 0 Å². The molecule has 2 N–H and O–H groups in total.